The Bertz CT molecular complexity index is 1710. The zero-order valence-electron chi connectivity index (χ0n) is 22.6. The van der Waals surface area contributed by atoms with Crippen molar-refractivity contribution in [1.82, 2.24) is 4.90 Å². The normalized spacial score (nSPS) is 14.0. The van der Waals surface area contributed by atoms with Crippen LogP contribution in [0.4, 0.5) is 4.79 Å². The minimum atomic E-state index is -0.396. The van der Waals surface area contributed by atoms with Crippen LogP contribution in [-0.4, -0.2) is 22.7 Å². The van der Waals surface area contributed by atoms with Gasteiger partial charge in [-0.15, -0.1) is 6.58 Å². The highest BCUT2D eigenvalue weighted by molar-refractivity contribution is 8.18. The Hall–Kier alpha value is -4.80. The molecule has 0 aliphatic carbocycles. The fraction of sp³-hybridized carbons (Fsp3) is 0.147. The summed E-state index contributed by atoms with van der Waals surface area (Å²) in [5.74, 6) is 0.783. The standard InChI is InChI=1S/C34H28N2O4S/c1-3-10-25-17-23(19-31-33(37)36(34(38)41-31)21-27-13-6-5-12-26(27)20-35)18-30(39-4-2)32(25)40-22-28-15-9-14-24-11-7-8-16-29(24)28/h3,5-9,11-19H,1,4,10,21-22H2,2H3/b31-19+. The Balaban J connectivity index is 1.44. The van der Waals surface area contributed by atoms with Crippen molar-refractivity contribution in [3.63, 3.8) is 0 Å². The van der Waals surface area contributed by atoms with Crippen molar-refractivity contribution in [2.24, 2.45) is 0 Å². The average Bonchev–Trinajstić information content (AvgIpc) is 3.24. The SMILES string of the molecule is C=CCc1cc(/C=C2/SC(=O)N(Cc3ccccc3C#N)C2=O)cc(OCC)c1OCc1cccc2ccccc12. The second-order valence-electron chi connectivity index (χ2n) is 9.40. The van der Waals surface area contributed by atoms with E-state index in [0.29, 0.717) is 52.7 Å². The van der Waals surface area contributed by atoms with E-state index < -0.39 is 5.91 Å². The summed E-state index contributed by atoms with van der Waals surface area (Å²) < 4.78 is 12.4. The van der Waals surface area contributed by atoms with Crippen molar-refractivity contribution in [2.45, 2.75) is 26.5 Å². The maximum absolute atomic E-state index is 13.2. The van der Waals surface area contributed by atoms with Gasteiger partial charge in [0.15, 0.2) is 11.5 Å². The number of imide groups is 1. The van der Waals surface area contributed by atoms with Crippen LogP contribution in [0, 0.1) is 11.3 Å². The second-order valence-corrected chi connectivity index (χ2v) is 10.4. The molecular weight excluding hydrogens is 532 g/mol. The van der Waals surface area contributed by atoms with Crippen molar-refractivity contribution in [2.75, 3.05) is 6.61 Å². The van der Waals surface area contributed by atoms with E-state index in [1.807, 2.05) is 37.3 Å². The zero-order valence-corrected chi connectivity index (χ0v) is 23.4. The summed E-state index contributed by atoms with van der Waals surface area (Å²) in [5, 5.41) is 11.3. The number of nitrogens with zero attached hydrogens (tertiary/aromatic N) is 2. The molecule has 1 aliphatic rings. The number of ether oxygens (including phenoxy) is 2. The summed E-state index contributed by atoms with van der Waals surface area (Å²) in [6.45, 7) is 6.63. The van der Waals surface area contributed by atoms with Crippen LogP contribution in [-0.2, 0) is 24.4 Å². The lowest BCUT2D eigenvalue weighted by atomic mass is 10.0. The van der Waals surface area contributed by atoms with Gasteiger partial charge in [0.2, 0.25) is 0 Å². The molecule has 6 nitrogen and oxygen atoms in total. The third kappa shape index (κ3) is 6.03. The van der Waals surface area contributed by atoms with E-state index in [9.17, 15) is 14.9 Å². The molecule has 2 amide bonds. The molecule has 41 heavy (non-hydrogen) atoms. The van der Waals surface area contributed by atoms with E-state index in [1.54, 1.807) is 36.4 Å². The molecule has 204 valence electrons. The van der Waals surface area contributed by atoms with Gasteiger partial charge in [-0.1, -0.05) is 66.7 Å². The monoisotopic (exact) mass is 560 g/mol. The summed E-state index contributed by atoms with van der Waals surface area (Å²) in [6.07, 6.45) is 4.02. The molecule has 0 aromatic heterocycles. The van der Waals surface area contributed by atoms with Crippen molar-refractivity contribution in [3.8, 4) is 17.6 Å². The zero-order chi connectivity index (χ0) is 28.8. The molecule has 5 rings (SSSR count). The molecule has 1 fully saturated rings. The van der Waals surface area contributed by atoms with Crippen molar-refractivity contribution >= 4 is 39.8 Å². The highest BCUT2D eigenvalue weighted by Crippen LogP contribution is 2.38. The van der Waals surface area contributed by atoms with Crippen LogP contribution in [0.1, 0.15) is 34.7 Å². The first-order valence-corrected chi connectivity index (χ1v) is 14.1. The smallest absolute Gasteiger partial charge is 0.293 e. The molecule has 0 N–H and O–H groups in total. The molecule has 0 saturated carbocycles. The van der Waals surface area contributed by atoms with Crippen molar-refractivity contribution in [3.05, 3.63) is 124 Å². The lowest BCUT2D eigenvalue weighted by Crippen LogP contribution is -2.27. The van der Waals surface area contributed by atoms with E-state index in [0.717, 1.165) is 33.7 Å². The molecule has 7 heteroatoms. The van der Waals surface area contributed by atoms with E-state index in [2.05, 4.69) is 36.9 Å². The number of carbonyl (C=O) groups excluding carboxylic acids is 2. The van der Waals surface area contributed by atoms with Gasteiger partial charge in [-0.05, 0) is 76.8 Å². The maximum Gasteiger partial charge on any atom is 0.293 e. The van der Waals surface area contributed by atoms with Gasteiger partial charge in [0.25, 0.3) is 11.1 Å². The minimum absolute atomic E-state index is 0.0403. The van der Waals surface area contributed by atoms with E-state index in [4.69, 9.17) is 9.47 Å². The van der Waals surface area contributed by atoms with Crippen LogP contribution >= 0.6 is 11.8 Å². The minimum Gasteiger partial charge on any atom is -0.490 e. The van der Waals surface area contributed by atoms with Gasteiger partial charge in [0.05, 0.1) is 29.7 Å². The Labute approximate surface area is 243 Å². The number of fused-ring (bicyclic) bond motifs is 1. The first-order valence-electron chi connectivity index (χ1n) is 13.3. The van der Waals surface area contributed by atoms with Crippen molar-refractivity contribution < 1.29 is 19.1 Å². The maximum atomic E-state index is 13.2. The number of rotatable bonds is 10. The largest absolute Gasteiger partial charge is 0.490 e. The fourth-order valence-corrected chi connectivity index (χ4v) is 5.63. The van der Waals surface area contributed by atoms with E-state index >= 15 is 0 Å². The Kier molecular flexibility index (Phi) is 8.52. The summed E-state index contributed by atoms with van der Waals surface area (Å²) in [4.78, 5) is 27.5. The lowest BCUT2D eigenvalue weighted by molar-refractivity contribution is -0.123. The quantitative estimate of drug-likeness (QED) is 0.146. The molecule has 1 saturated heterocycles. The summed E-state index contributed by atoms with van der Waals surface area (Å²) in [6, 6.07) is 27.2. The number of nitriles is 1. The van der Waals surface area contributed by atoms with Gasteiger partial charge in [-0.2, -0.15) is 5.26 Å². The van der Waals surface area contributed by atoms with Crippen LogP contribution in [0.5, 0.6) is 11.5 Å². The van der Waals surface area contributed by atoms with Gasteiger partial charge in [0, 0.05) is 5.56 Å². The van der Waals surface area contributed by atoms with Gasteiger partial charge in [-0.3, -0.25) is 14.5 Å². The molecule has 4 aromatic carbocycles. The topological polar surface area (TPSA) is 79.6 Å². The summed E-state index contributed by atoms with van der Waals surface area (Å²) in [7, 11) is 0. The highest BCUT2D eigenvalue weighted by Gasteiger charge is 2.35. The van der Waals surface area contributed by atoms with E-state index in [-0.39, 0.29) is 11.8 Å². The van der Waals surface area contributed by atoms with Crippen LogP contribution in [0.2, 0.25) is 0 Å². The molecular formula is C34H28N2O4S. The molecule has 1 heterocycles. The number of hydrogen-bond donors (Lipinski definition) is 0. The molecule has 0 unspecified atom stereocenters. The van der Waals surface area contributed by atoms with Crippen LogP contribution in [0.3, 0.4) is 0 Å². The Morgan fingerprint density at radius 3 is 2.51 bits per heavy atom. The van der Waals surface area contributed by atoms with Gasteiger partial charge in [0.1, 0.15) is 6.61 Å². The number of hydrogen-bond acceptors (Lipinski definition) is 6. The van der Waals surface area contributed by atoms with Crippen molar-refractivity contribution in [1.29, 1.82) is 5.26 Å². The number of allylic oxidation sites excluding steroid dienone is 1. The fourth-order valence-electron chi connectivity index (χ4n) is 4.79. The number of thioether (sulfide) groups is 1. The molecule has 1 aliphatic heterocycles. The third-order valence-corrected chi connectivity index (χ3v) is 7.62. The second kappa shape index (κ2) is 12.6. The van der Waals surface area contributed by atoms with Gasteiger partial charge >= 0.3 is 0 Å². The predicted octanol–water partition coefficient (Wildman–Crippen LogP) is 7.65. The highest BCUT2D eigenvalue weighted by atomic mass is 32.2. The van der Waals surface area contributed by atoms with Gasteiger partial charge in [-0.25, -0.2) is 0 Å². The first kappa shape index (κ1) is 27.8. The van der Waals surface area contributed by atoms with Gasteiger partial charge < -0.3 is 9.47 Å². The summed E-state index contributed by atoms with van der Waals surface area (Å²) >= 11 is 0.884. The first-order chi connectivity index (χ1) is 20.0. The average molecular weight is 561 g/mol. The van der Waals surface area contributed by atoms with E-state index in [1.165, 1.54) is 4.90 Å². The molecule has 0 bridgehead atoms. The Morgan fingerprint density at radius 2 is 1.71 bits per heavy atom. The van der Waals surface area contributed by atoms with Crippen LogP contribution < -0.4 is 9.47 Å². The Morgan fingerprint density at radius 1 is 0.951 bits per heavy atom. The molecule has 0 radical (unpaired) electrons. The molecule has 4 aromatic rings. The number of benzene rings is 4. The molecule has 0 spiro atoms. The summed E-state index contributed by atoms with van der Waals surface area (Å²) in [5.41, 5.74) is 3.69. The number of carbonyl (C=O) groups is 2. The van der Waals surface area contributed by atoms with Crippen LogP contribution in [0.25, 0.3) is 16.8 Å². The predicted molar refractivity (Wildman–Crippen MR) is 162 cm³/mol. The lowest BCUT2D eigenvalue weighted by Gasteiger charge is -2.17. The number of amides is 2. The van der Waals surface area contributed by atoms with Crippen LogP contribution in [0.15, 0.2) is 96.4 Å². The molecule has 0 atom stereocenters. The third-order valence-electron chi connectivity index (χ3n) is 6.71.